The summed E-state index contributed by atoms with van der Waals surface area (Å²) in [6.45, 7) is 6.01. The summed E-state index contributed by atoms with van der Waals surface area (Å²) in [7, 11) is 3.68. The molecule has 0 unspecified atom stereocenters. The Balaban J connectivity index is 2.17. The van der Waals surface area contributed by atoms with E-state index in [2.05, 4.69) is 24.3 Å². The Morgan fingerprint density at radius 2 is 2.27 bits per heavy atom. The molecule has 4 nitrogen and oxygen atoms in total. The van der Waals surface area contributed by atoms with Crippen LogP contribution in [0.4, 0.5) is 0 Å². The van der Waals surface area contributed by atoms with E-state index in [1.807, 2.05) is 24.1 Å². The van der Waals surface area contributed by atoms with Crippen LogP contribution in [-0.2, 0) is 18.3 Å². The second-order valence-corrected chi connectivity index (χ2v) is 4.41. The van der Waals surface area contributed by atoms with Crippen LogP contribution in [0.3, 0.4) is 0 Å². The first-order chi connectivity index (χ1) is 7.03. The number of aromatic nitrogens is 2. The Morgan fingerprint density at radius 3 is 2.80 bits per heavy atom. The third-order valence-corrected chi connectivity index (χ3v) is 2.54. The topological polar surface area (TPSA) is 39.1 Å². The van der Waals surface area contributed by atoms with Crippen molar-refractivity contribution in [1.29, 1.82) is 0 Å². The fraction of sp³-hybridized carbons (Fsp3) is 0.727. The average molecular weight is 211 g/mol. The molecule has 0 amide bonds. The Bertz CT molecular complexity index is 294. The molecule has 0 spiro atoms. The van der Waals surface area contributed by atoms with Crippen molar-refractivity contribution < 1.29 is 4.74 Å². The van der Waals surface area contributed by atoms with Gasteiger partial charge in [0.25, 0.3) is 0 Å². The normalized spacial score (nSPS) is 12.0. The third-order valence-electron chi connectivity index (χ3n) is 2.54. The lowest BCUT2D eigenvalue weighted by molar-refractivity contribution is 0.0158. The van der Waals surface area contributed by atoms with Crippen molar-refractivity contribution >= 4 is 0 Å². The molecule has 86 valence electrons. The fourth-order valence-electron chi connectivity index (χ4n) is 1.29. The van der Waals surface area contributed by atoms with Crippen molar-refractivity contribution in [2.75, 3.05) is 13.7 Å². The van der Waals surface area contributed by atoms with E-state index in [4.69, 9.17) is 4.74 Å². The smallest absolute Gasteiger partial charge is 0.0634 e. The maximum atomic E-state index is 5.34. The summed E-state index contributed by atoms with van der Waals surface area (Å²) in [4.78, 5) is 0. The molecule has 0 radical (unpaired) electrons. The van der Waals surface area contributed by atoms with Gasteiger partial charge in [0.1, 0.15) is 0 Å². The molecule has 0 aliphatic carbocycles. The first-order valence-electron chi connectivity index (χ1n) is 5.27. The molecule has 0 aliphatic heterocycles. The van der Waals surface area contributed by atoms with Crippen LogP contribution in [0.25, 0.3) is 0 Å². The van der Waals surface area contributed by atoms with E-state index in [0.717, 1.165) is 19.5 Å². The van der Waals surface area contributed by atoms with Crippen molar-refractivity contribution in [3.05, 3.63) is 18.0 Å². The SMILES string of the molecule is COC(C)(C)CCNCc1cnn(C)c1. The van der Waals surface area contributed by atoms with E-state index in [1.165, 1.54) is 5.56 Å². The Labute approximate surface area is 91.6 Å². The van der Waals surface area contributed by atoms with Crippen LogP contribution in [0.2, 0.25) is 0 Å². The lowest BCUT2D eigenvalue weighted by Gasteiger charge is -2.22. The summed E-state index contributed by atoms with van der Waals surface area (Å²) in [5, 5.41) is 7.48. The van der Waals surface area contributed by atoms with E-state index < -0.39 is 0 Å². The van der Waals surface area contributed by atoms with Crippen LogP contribution in [0, 0.1) is 0 Å². The molecule has 15 heavy (non-hydrogen) atoms. The third kappa shape index (κ3) is 4.44. The second kappa shape index (κ2) is 5.28. The molecule has 0 atom stereocenters. The monoisotopic (exact) mass is 211 g/mol. The van der Waals surface area contributed by atoms with Gasteiger partial charge in [-0.05, 0) is 26.8 Å². The van der Waals surface area contributed by atoms with E-state index in [9.17, 15) is 0 Å². The molecule has 1 aromatic heterocycles. The highest BCUT2D eigenvalue weighted by Gasteiger charge is 2.14. The zero-order valence-electron chi connectivity index (χ0n) is 10.1. The first-order valence-corrected chi connectivity index (χ1v) is 5.27. The van der Waals surface area contributed by atoms with Crippen molar-refractivity contribution in [2.24, 2.45) is 7.05 Å². The summed E-state index contributed by atoms with van der Waals surface area (Å²) in [5.74, 6) is 0. The molecule has 0 aliphatic rings. The maximum Gasteiger partial charge on any atom is 0.0634 e. The summed E-state index contributed by atoms with van der Waals surface area (Å²) in [6, 6.07) is 0. The maximum absolute atomic E-state index is 5.34. The Hall–Kier alpha value is -0.870. The predicted octanol–water partition coefficient (Wildman–Crippen LogP) is 1.32. The molecule has 1 rings (SSSR count). The van der Waals surface area contributed by atoms with Crippen LogP contribution in [0.5, 0.6) is 0 Å². The highest BCUT2D eigenvalue weighted by molar-refractivity contribution is 5.02. The van der Waals surface area contributed by atoms with Crippen LogP contribution in [0.1, 0.15) is 25.8 Å². The van der Waals surface area contributed by atoms with Gasteiger partial charge in [-0.2, -0.15) is 5.10 Å². The minimum absolute atomic E-state index is 0.0397. The minimum atomic E-state index is -0.0397. The van der Waals surface area contributed by atoms with Gasteiger partial charge in [0.2, 0.25) is 0 Å². The molecule has 0 saturated carbocycles. The number of ether oxygens (including phenoxy) is 1. The summed E-state index contributed by atoms with van der Waals surface area (Å²) >= 11 is 0. The van der Waals surface area contributed by atoms with Crippen molar-refractivity contribution in [1.82, 2.24) is 15.1 Å². The highest BCUT2D eigenvalue weighted by atomic mass is 16.5. The lowest BCUT2D eigenvalue weighted by Crippen LogP contribution is -2.28. The molecule has 0 bridgehead atoms. The van der Waals surface area contributed by atoms with Gasteiger partial charge in [-0.1, -0.05) is 0 Å². The number of nitrogens with one attached hydrogen (secondary N) is 1. The number of rotatable bonds is 6. The van der Waals surface area contributed by atoms with Gasteiger partial charge in [0.15, 0.2) is 0 Å². The number of methoxy groups -OCH3 is 1. The minimum Gasteiger partial charge on any atom is -0.379 e. The Morgan fingerprint density at radius 1 is 1.53 bits per heavy atom. The molecule has 1 N–H and O–H groups in total. The molecule has 4 heteroatoms. The fourth-order valence-corrected chi connectivity index (χ4v) is 1.29. The summed E-state index contributed by atoms with van der Waals surface area (Å²) in [6.07, 6.45) is 4.91. The Kier molecular flexibility index (Phi) is 4.29. The van der Waals surface area contributed by atoms with E-state index >= 15 is 0 Å². The van der Waals surface area contributed by atoms with Crippen molar-refractivity contribution in [3.63, 3.8) is 0 Å². The highest BCUT2D eigenvalue weighted by Crippen LogP contribution is 2.11. The lowest BCUT2D eigenvalue weighted by atomic mass is 10.1. The molecule has 0 aromatic carbocycles. The van der Waals surface area contributed by atoms with Gasteiger partial charge < -0.3 is 10.1 Å². The first kappa shape index (κ1) is 12.2. The zero-order valence-corrected chi connectivity index (χ0v) is 10.1. The van der Waals surface area contributed by atoms with E-state index in [1.54, 1.807) is 7.11 Å². The number of nitrogens with zero attached hydrogens (tertiary/aromatic N) is 2. The van der Waals surface area contributed by atoms with Crippen LogP contribution in [-0.4, -0.2) is 29.0 Å². The second-order valence-electron chi connectivity index (χ2n) is 4.41. The van der Waals surface area contributed by atoms with Crippen molar-refractivity contribution in [2.45, 2.75) is 32.4 Å². The average Bonchev–Trinajstić information content (AvgIpc) is 2.59. The van der Waals surface area contributed by atoms with E-state index in [0.29, 0.717) is 0 Å². The molecular weight excluding hydrogens is 190 g/mol. The van der Waals surface area contributed by atoms with Crippen molar-refractivity contribution in [3.8, 4) is 0 Å². The molecule has 0 saturated heterocycles. The number of hydrogen-bond donors (Lipinski definition) is 1. The summed E-state index contributed by atoms with van der Waals surface area (Å²) < 4.78 is 7.15. The van der Waals surface area contributed by atoms with Gasteiger partial charge in [-0.25, -0.2) is 0 Å². The number of hydrogen-bond acceptors (Lipinski definition) is 3. The standard InChI is InChI=1S/C11H21N3O/c1-11(2,15-4)5-6-12-7-10-8-13-14(3)9-10/h8-9,12H,5-7H2,1-4H3. The van der Waals surface area contributed by atoms with Gasteiger partial charge in [0.05, 0.1) is 11.8 Å². The number of aryl methyl sites for hydroxylation is 1. The molecular formula is C11H21N3O. The van der Waals surface area contributed by atoms with Crippen LogP contribution >= 0.6 is 0 Å². The molecule has 1 aromatic rings. The summed E-state index contributed by atoms with van der Waals surface area (Å²) in [5.41, 5.74) is 1.18. The largest absolute Gasteiger partial charge is 0.379 e. The molecule has 0 fully saturated rings. The van der Waals surface area contributed by atoms with Crippen LogP contribution in [0.15, 0.2) is 12.4 Å². The van der Waals surface area contributed by atoms with Gasteiger partial charge in [0, 0.05) is 32.5 Å². The van der Waals surface area contributed by atoms with Gasteiger partial charge in [-0.3, -0.25) is 4.68 Å². The van der Waals surface area contributed by atoms with Gasteiger partial charge in [-0.15, -0.1) is 0 Å². The van der Waals surface area contributed by atoms with Crippen LogP contribution < -0.4 is 5.32 Å². The van der Waals surface area contributed by atoms with E-state index in [-0.39, 0.29) is 5.60 Å². The molecule has 1 heterocycles. The van der Waals surface area contributed by atoms with Gasteiger partial charge >= 0.3 is 0 Å². The zero-order chi connectivity index (χ0) is 11.3. The quantitative estimate of drug-likeness (QED) is 0.721. The predicted molar refractivity (Wildman–Crippen MR) is 60.6 cm³/mol.